The van der Waals surface area contributed by atoms with Gasteiger partial charge in [-0.1, -0.05) is 30.4 Å². The first-order valence-corrected chi connectivity index (χ1v) is 6.85. The molecule has 6 heteroatoms. The van der Waals surface area contributed by atoms with Crippen LogP contribution in [-0.2, 0) is 4.74 Å². The number of alkyl halides is 3. The van der Waals surface area contributed by atoms with Crippen LogP contribution in [0.4, 0.5) is 13.2 Å². The van der Waals surface area contributed by atoms with E-state index in [-0.39, 0.29) is 18.6 Å². The van der Waals surface area contributed by atoms with Crippen LogP contribution in [0.15, 0.2) is 47.1 Å². The normalized spacial score (nSPS) is 28.5. The highest BCUT2D eigenvalue weighted by Crippen LogP contribution is 2.36. The van der Waals surface area contributed by atoms with E-state index in [9.17, 15) is 13.2 Å². The van der Waals surface area contributed by atoms with Crippen LogP contribution in [0.25, 0.3) is 0 Å². The Morgan fingerprint density at radius 2 is 2.09 bits per heavy atom. The average molecular weight is 311 g/mol. The van der Waals surface area contributed by atoms with Crippen LogP contribution < -0.4 is 0 Å². The number of nitriles is 1. The first-order valence-electron chi connectivity index (χ1n) is 6.85. The van der Waals surface area contributed by atoms with E-state index in [0.29, 0.717) is 5.57 Å². The minimum Gasteiger partial charge on any atom is -0.392 e. The number of rotatable bonds is 3. The van der Waals surface area contributed by atoms with Crippen molar-refractivity contribution in [1.29, 1.82) is 5.26 Å². The molecule has 2 aliphatic rings. The monoisotopic (exact) mass is 311 g/mol. The number of ether oxygens (including phenoxy) is 1. The Bertz CT molecular complexity index is 593. The van der Waals surface area contributed by atoms with Crippen molar-refractivity contribution in [1.82, 2.24) is 0 Å². The highest BCUT2D eigenvalue weighted by molar-refractivity contribution is 5.33. The van der Waals surface area contributed by atoms with Crippen molar-refractivity contribution in [2.45, 2.75) is 31.7 Å². The molecule has 118 valence electrons. The number of nitrogens with zero attached hydrogens (tertiary/aromatic N) is 1. The highest BCUT2D eigenvalue weighted by atomic mass is 19.4. The lowest BCUT2D eigenvalue weighted by Crippen LogP contribution is -2.30. The molecule has 3 unspecified atom stereocenters. The Morgan fingerprint density at radius 1 is 1.36 bits per heavy atom. The van der Waals surface area contributed by atoms with Gasteiger partial charge in [0.1, 0.15) is 0 Å². The second-order valence-corrected chi connectivity index (χ2v) is 5.28. The van der Waals surface area contributed by atoms with E-state index < -0.39 is 29.9 Å². The maximum atomic E-state index is 12.9. The molecule has 0 aromatic carbocycles. The van der Waals surface area contributed by atoms with Crippen molar-refractivity contribution in [3.8, 4) is 6.07 Å². The summed E-state index contributed by atoms with van der Waals surface area (Å²) in [6.07, 6.45) is 1.80. The van der Waals surface area contributed by atoms with Crippen LogP contribution in [0.3, 0.4) is 0 Å². The third-order valence-corrected chi connectivity index (χ3v) is 3.70. The van der Waals surface area contributed by atoms with E-state index in [1.807, 2.05) is 6.07 Å². The minimum absolute atomic E-state index is 0.186. The van der Waals surface area contributed by atoms with Crippen LogP contribution in [-0.4, -0.2) is 30.1 Å². The summed E-state index contributed by atoms with van der Waals surface area (Å²) in [6.45, 7) is 1.23. The molecule has 0 saturated carbocycles. The summed E-state index contributed by atoms with van der Waals surface area (Å²) >= 11 is 0. The summed E-state index contributed by atoms with van der Waals surface area (Å²) in [5, 5.41) is 18.2. The molecule has 0 aromatic rings. The van der Waals surface area contributed by atoms with Gasteiger partial charge in [0.2, 0.25) is 0 Å². The van der Waals surface area contributed by atoms with Gasteiger partial charge in [-0.05, 0) is 18.1 Å². The van der Waals surface area contributed by atoms with E-state index >= 15 is 0 Å². The molecule has 0 fully saturated rings. The molecule has 0 bridgehead atoms. The predicted octanol–water partition coefficient (Wildman–Crippen LogP) is 3.21. The number of hydrogen-bond acceptors (Lipinski definition) is 3. The molecule has 3 nitrogen and oxygen atoms in total. The third kappa shape index (κ3) is 3.67. The molecule has 0 amide bonds. The molecule has 2 aliphatic carbocycles. The zero-order chi connectivity index (χ0) is 16.3. The van der Waals surface area contributed by atoms with Gasteiger partial charge in [-0.15, -0.1) is 0 Å². The van der Waals surface area contributed by atoms with Crippen molar-refractivity contribution in [3.63, 3.8) is 0 Å². The first kappa shape index (κ1) is 16.5. The lowest BCUT2D eigenvalue weighted by Gasteiger charge is -2.28. The quantitative estimate of drug-likeness (QED) is 0.871. The fourth-order valence-electron chi connectivity index (χ4n) is 2.48. The summed E-state index contributed by atoms with van der Waals surface area (Å²) < 4.78 is 44.4. The lowest BCUT2D eigenvalue weighted by molar-refractivity contribution is -0.0999. The van der Waals surface area contributed by atoms with Crippen molar-refractivity contribution in [3.05, 3.63) is 47.1 Å². The molecule has 2 rings (SSSR count). The van der Waals surface area contributed by atoms with E-state index in [0.717, 1.165) is 0 Å². The van der Waals surface area contributed by atoms with Gasteiger partial charge < -0.3 is 9.84 Å². The van der Waals surface area contributed by atoms with E-state index in [1.165, 1.54) is 13.0 Å². The van der Waals surface area contributed by atoms with Gasteiger partial charge in [0.15, 0.2) is 0 Å². The third-order valence-electron chi connectivity index (χ3n) is 3.70. The molecular formula is C16H16F3NO2. The molecule has 0 heterocycles. The summed E-state index contributed by atoms with van der Waals surface area (Å²) in [4.78, 5) is 0. The molecule has 1 N–H and O–H groups in total. The van der Waals surface area contributed by atoms with Gasteiger partial charge in [-0.2, -0.15) is 18.4 Å². The second kappa shape index (κ2) is 6.51. The Kier molecular flexibility index (Phi) is 4.89. The Hall–Kier alpha value is -1.84. The number of aliphatic hydroxyl groups is 1. The maximum absolute atomic E-state index is 12.9. The predicted molar refractivity (Wildman–Crippen MR) is 74.6 cm³/mol. The molecule has 0 aliphatic heterocycles. The second-order valence-electron chi connectivity index (χ2n) is 5.28. The largest absolute Gasteiger partial charge is 0.413 e. The standard InChI is InChI=1S/C16H16F3NO2/c1-10-2-4-13(7-14(10)16(17,18)19)22-15-5-3-11(9-21)6-12(15)8-20/h2-6,12-13,15,21H,7,9H2,1H3. The van der Waals surface area contributed by atoms with Crippen LogP contribution >= 0.6 is 0 Å². The lowest BCUT2D eigenvalue weighted by atomic mass is 9.93. The Labute approximate surface area is 126 Å². The molecule has 0 aromatic heterocycles. The van der Waals surface area contributed by atoms with Gasteiger partial charge in [0.25, 0.3) is 0 Å². The minimum atomic E-state index is -4.38. The molecule has 3 atom stereocenters. The van der Waals surface area contributed by atoms with Crippen LogP contribution in [0, 0.1) is 17.2 Å². The number of allylic oxidation sites excluding steroid dienone is 2. The highest BCUT2D eigenvalue weighted by Gasteiger charge is 2.38. The van der Waals surface area contributed by atoms with E-state index in [1.54, 1.807) is 24.3 Å². The van der Waals surface area contributed by atoms with Crippen LogP contribution in [0.2, 0.25) is 0 Å². The van der Waals surface area contributed by atoms with Gasteiger partial charge >= 0.3 is 6.18 Å². The SMILES string of the molecule is CC1=C(C(F)(F)F)CC(OC2C=CC(CO)=CC2C#N)C=C1. The van der Waals surface area contributed by atoms with Gasteiger partial charge in [-0.25, -0.2) is 0 Å². The number of halogens is 3. The maximum Gasteiger partial charge on any atom is 0.413 e. The van der Waals surface area contributed by atoms with Crippen molar-refractivity contribution in [2.24, 2.45) is 5.92 Å². The number of aliphatic hydroxyl groups excluding tert-OH is 1. The summed E-state index contributed by atoms with van der Waals surface area (Å²) in [5.74, 6) is -0.623. The molecule has 0 spiro atoms. The fraction of sp³-hybridized carbons (Fsp3) is 0.438. The molecule has 0 saturated heterocycles. The zero-order valence-electron chi connectivity index (χ0n) is 12.0. The van der Waals surface area contributed by atoms with Crippen molar-refractivity contribution < 1.29 is 23.0 Å². The molecule has 22 heavy (non-hydrogen) atoms. The topological polar surface area (TPSA) is 53.2 Å². The van der Waals surface area contributed by atoms with Gasteiger partial charge in [0.05, 0.1) is 30.8 Å². The first-order chi connectivity index (χ1) is 10.3. The van der Waals surface area contributed by atoms with E-state index in [4.69, 9.17) is 15.1 Å². The zero-order valence-corrected chi connectivity index (χ0v) is 12.0. The fourth-order valence-corrected chi connectivity index (χ4v) is 2.48. The van der Waals surface area contributed by atoms with E-state index in [2.05, 4.69) is 0 Å². The van der Waals surface area contributed by atoms with Crippen molar-refractivity contribution >= 4 is 0 Å². The van der Waals surface area contributed by atoms with Gasteiger partial charge in [0, 0.05) is 12.0 Å². The summed E-state index contributed by atoms with van der Waals surface area (Å²) in [5.41, 5.74) is 0.183. The van der Waals surface area contributed by atoms with Crippen LogP contribution in [0.1, 0.15) is 13.3 Å². The Morgan fingerprint density at radius 3 is 2.68 bits per heavy atom. The van der Waals surface area contributed by atoms with Crippen molar-refractivity contribution in [2.75, 3.05) is 6.61 Å². The number of hydrogen-bond donors (Lipinski definition) is 1. The van der Waals surface area contributed by atoms with Gasteiger partial charge in [-0.3, -0.25) is 0 Å². The summed E-state index contributed by atoms with van der Waals surface area (Å²) in [6, 6.07) is 2.04. The molecular weight excluding hydrogens is 295 g/mol. The smallest absolute Gasteiger partial charge is 0.392 e. The Balaban J connectivity index is 2.08. The van der Waals surface area contributed by atoms with Crippen LogP contribution in [0.5, 0.6) is 0 Å². The average Bonchev–Trinajstić information content (AvgIpc) is 2.48. The summed E-state index contributed by atoms with van der Waals surface area (Å²) in [7, 11) is 0. The molecule has 0 radical (unpaired) electrons.